The molecule has 0 aliphatic heterocycles. The average Bonchev–Trinajstić information content (AvgIpc) is 2.74. The first-order chi connectivity index (χ1) is 8.16. The number of aliphatic hydroxyl groups excluding tert-OH is 1. The molecule has 4 heteroatoms. The molecular weight excluding hydrogens is 238 g/mol. The van der Waals surface area contributed by atoms with Crippen molar-refractivity contribution < 1.29 is 9.90 Å². The van der Waals surface area contributed by atoms with Crippen LogP contribution >= 0.6 is 11.6 Å². The minimum Gasteiger partial charge on any atom is -0.392 e. The lowest BCUT2D eigenvalue weighted by Crippen LogP contribution is -2.34. The number of carbonyl (C=O) groups is 1. The zero-order valence-corrected chi connectivity index (χ0v) is 10.3. The molecule has 0 spiro atoms. The van der Waals surface area contributed by atoms with E-state index in [1.165, 1.54) is 0 Å². The van der Waals surface area contributed by atoms with Gasteiger partial charge < -0.3 is 10.4 Å². The molecule has 1 saturated carbocycles. The summed E-state index contributed by atoms with van der Waals surface area (Å²) in [5.41, 5.74) is 1.01. The molecule has 1 aromatic rings. The van der Waals surface area contributed by atoms with Gasteiger partial charge in [-0.1, -0.05) is 23.7 Å². The normalized spacial score (nSPS) is 23.6. The van der Waals surface area contributed by atoms with Gasteiger partial charge in [-0.05, 0) is 37.0 Å². The molecule has 0 aromatic heterocycles. The van der Waals surface area contributed by atoms with Gasteiger partial charge in [0.15, 0.2) is 0 Å². The molecule has 1 aliphatic carbocycles. The number of carbonyl (C=O) groups excluding carboxylic acids is 1. The Hall–Kier alpha value is -1.06. The lowest BCUT2D eigenvalue weighted by atomic mass is 10.1. The van der Waals surface area contributed by atoms with Crippen LogP contribution < -0.4 is 5.32 Å². The Balaban J connectivity index is 1.85. The van der Waals surface area contributed by atoms with Crippen LogP contribution in [0.25, 0.3) is 0 Å². The SMILES string of the molecule is O=C(NCc1ccc(Cl)cc1)C1CCCC1O. The molecule has 17 heavy (non-hydrogen) atoms. The number of hydrogen-bond acceptors (Lipinski definition) is 2. The monoisotopic (exact) mass is 253 g/mol. The minimum atomic E-state index is -0.472. The average molecular weight is 254 g/mol. The first-order valence-electron chi connectivity index (χ1n) is 5.87. The second kappa shape index (κ2) is 5.52. The largest absolute Gasteiger partial charge is 0.392 e. The van der Waals surface area contributed by atoms with Gasteiger partial charge in [0.2, 0.25) is 5.91 Å². The van der Waals surface area contributed by atoms with E-state index in [9.17, 15) is 9.90 Å². The number of amides is 1. The molecule has 0 radical (unpaired) electrons. The predicted molar refractivity (Wildman–Crippen MR) is 66.6 cm³/mol. The second-order valence-corrected chi connectivity index (χ2v) is 4.89. The molecule has 2 N–H and O–H groups in total. The third kappa shape index (κ3) is 3.20. The van der Waals surface area contributed by atoms with Crippen molar-refractivity contribution in [2.75, 3.05) is 0 Å². The summed E-state index contributed by atoms with van der Waals surface area (Å²) in [6.07, 6.45) is 1.98. The Labute approximate surface area is 106 Å². The number of hydrogen-bond donors (Lipinski definition) is 2. The molecule has 0 heterocycles. The summed E-state index contributed by atoms with van der Waals surface area (Å²) in [7, 11) is 0. The fourth-order valence-corrected chi connectivity index (χ4v) is 2.29. The maximum Gasteiger partial charge on any atom is 0.225 e. The van der Waals surface area contributed by atoms with Gasteiger partial charge in [-0.25, -0.2) is 0 Å². The molecule has 2 rings (SSSR count). The molecule has 0 saturated heterocycles. The van der Waals surface area contributed by atoms with Gasteiger partial charge in [-0.3, -0.25) is 4.79 Å². The lowest BCUT2D eigenvalue weighted by Gasteiger charge is -2.14. The molecule has 92 valence electrons. The summed E-state index contributed by atoms with van der Waals surface area (Å²) in [6, 6.07) is 7.36. The van der Waals surface area contributed by atoms with Gasteiger partial charge >= 0.3 is 0 Å². The Morgan fingerprint density at radius 3 is 2.65 bits per heavy atom. The smallest absolute Gasteiger partial charge is 0.225 e. The zero-order valence-electron chi connectivity index (χ0n) is 9.53. The van der Waals surface area contributed by atoms with E-state index in [2.05, 4.69) is 5.32 Å². The molecule has 1 fully saturated rings. The quantitative estimate of drug-likeness (QED) is 0.867. The second-order valence-electron chi connectivity index (χ2n) is 4.45. The van der Waals surface area contributed by atoms with Gasteiger partial charge in [0.1, 0.15) is 0 Å². The van der Waals surface area contributed by atoms with Crippen LogP contribution in [-0.2, 0) is 11.3 Å². The first-order valence-corrected chi connectivity index (χ1v) is 6.25. The standard InChI is InChI=1S/C13H16ClNO2/c14-10-6-4-9(5-7-10)8-15-13(17)11-2-1-3-12(11)16/h4-7,11-12,16H,1-3,8H2,(H,15,17). The summed E-state index contributed by atoms with van der Waals surface area (Å²) in [5, 5.41) is 13.1. The summed E-state index contributed by atoms with van der Waals surface area (Å²) in [6.45, 7) is 0.485. The number of aliphatic hydroxyl groups is 1. The van der Waals surface area contributed by atoms with Crippen LogP contribution in [0.4, 0.5) is 0 Å². The molecule has 0 bridgehead atoms. The van der Waals surface area contributed by atoms with Crippen molar-refractivity contribution in [3.8, 4) is 0 Å². The Morgan fingerprint density at radius 2 is 2.06 bits per heavy atom. The molecule has 2 unspecified atom stereocenters. The molecule has 2 atom stereocenters. The van der Waals surface area contributed by atoms with E-state index >= 15 is 0 Å². The summed E-state index contributed by atoms with van der Waals surface area (Å²) in [5.74, 6) is -0.285. The molecule has 3 nitrogen and oxygen atoms in total. The van der Waals surface area contributed by atoms with E-state index in [1.807, 2.05) is 12.1 Å². The van der Waals surface area contributed by atoms with Crippen LogP contribution in [-0.4, -0.2) is 17.1 Å². The van der Waals surface area contributed by atoms with E-state index in [0.29, 0.717) is 11.6 Å². The highest BCUT2D eigenvalue weighted by Crippen LogP contribution is 2.25. The van der Waals surface area contributed by atoms with Crippen molar-refractivity contribution >= 4 is 17.5 Å². The molecule has 1 aliphatic rings. The van der Waals surface area contributed by atoms with Crippen LogP contribution in [0.5, 0.6) is 0 Å². The van der Waals surface area contributed by atoms with Crippen LogP contribution in [0.15, 0.2) is 24.3 Å². The van der Waals surface area contributed by atoms with Crippen LogP contribution in [0.1, 0.15) is 24.8 Å². The van der Waals surface area contributed by atoms with Gasteiger partial charge in [0.05, 0.1) is 12.0 Å². The van der Waals surface area contributed by atoms with Crippen molar-refractivity contribution in [3.63, 3.8) is 0 Å². The maximum absolute atomic E-state index is 11.8. The number of rotatable bonds is 3. The van der Waals surface area contributed by atoms with E-state index in [1.54, 1.807) is 12.1 Å². The molecule has 1 aromatic carbocycles. The van der Waals surface area contributed by atoms with E-state index < -0.39 is 6.10 Å². The number of nitrogens with one attached hydrogen (secondary N) is 1. The highest BCUT2D eigenvalue weighted by atomic mass is 35.5. The fraction of sp³-hybridized carbons (Fsp3) is 0.462. The lowest BCUT2D eigenvalue weighted by molar-refractivity contribution is -0.127. The minimum absolute atomic E-state index is 0.0510. The van der Waals surface area contributed by atoms with Gasteiger partial charge in [0, 0.05) is 11.6 Å². The summed E-state index contributed by atoms with van der Waals surface area (Å²) >= 11 is 5.78. The number of benzene rings is 1. The Bertz CT molecular complexity index is 391. The fourth-order valence-electron chi connectivity index (χ4n) is 2.17. The zero-order chi connectivity index (χ0) is 12.3. The van der Waals surface area contributed by atoms with Crippen molar-refractivity contribution in [1.82, 2.24) is 5.32 Å². The van der Waals surface area contributed by atoms with Gasteiger partial charge in [0.25, 0.3) is 0 Å². The van der Waals surface area contributed by atoms with Crippen molar-refractivity contribution in [1.29, 1.82) is 0 Å². The van der Waals surface area contributed by atoms with Crippen LogP contribution in [0, 0.1) is 5.92 Å². The predicted octanol–water partition coefficient (Wildman–Crippen LogP) is 2.12. The molecular formula is C13H16ClNO2. The maximum atomic E-state index is 11.8. The topological polar surface area (TPSA) is 49.3 Å². The van der Waals surface area contributed by atoms with Gasteiger partial charge in [-0.15, -0.1) is 0 Å². The van der Waals surface area contributed by atoms with Crippen molar-refractivity contribution in [2.24, 2.45) is 5.92 Å². The van der Waals surface area contributed by atoms with Gasteiger partial charge in [-0.2, -0.15) is 0 Å². The van der Waals surface area contributed by atoms with Crippen LogP contribution in [0.2, 0.25) is 5.02 Å². The van der Waals surface area contributed by atoms with Crippen molar-refractivity contribution in [3.05, 3.63) is 34.9 Å². The van der Waals surface area contributed by atoms with E-state index in [0.717, 1.165) is 24.8 Å². The number of halogens is 1. The summed E-state index contributed by atoms with van der Waals surface area (Å²) in [4.78, 5) is 11.8. The van der Waals surface area contributed by atoms with Crippen LogP contribution in [0.3, 0.4) is 0 Å². The highest BCUT2D eigenvalue weighted by Gasteiger charge is 2.30. The molecule has 1 amide bonds. The van der Waals surface area contributed by atoms with E-state index in [4.69, 9.17) is 11.6 Å². The summed E-state index contributed by atoms with van der Waals surface area (Å²) < 4.78 is 0. The van der Waals surface area contributed by atoms with E-state index in [-0.39, 0.29) is 11.8 Å². The third-order valence-corrected chi connectivity index (χ3v) is 3.45. The first kappa shape index (κ1) is 12.4. The Kier molecular flexibility index (Phi) is 4.02. The van der Waals surface area contributed by atoms with Crippen molar-refractivity contribution in [2.45, 2.75) is 31.9 Å². The third-order valence-electron chi connectivity index (χ3n) is 3.20. The Morgan fingerprint density at radius 1 is 1.35 bits per heavy atom. The highest BCUT2D eigenvalue weighted by molar-refractivity contribution is 6.30.